The van der Waals surface area contributed by atoms with Crippen molar-refractivity contribution in [2.45, 2.75) is 6.54 Å². The van der Waals surface area contributed by atoms with Crippen LogP contribution >= 0.6 is 34.4 Å². The smallest absolute Gasteiger partial charge is 0.268 e. The van der Waals surface area contributed by atoms with Crippen LogP contribution in [0.1, 0.15) is 11.1 Å². The Balaban J connectivity index is 1.81. The number of halogens is 2. The van der Waals surface area contributed by atoms with Gasteiger partial charge in [0.2, 0.25) is 0 Å². The van der Waals surface area contributed by atoms with Crippen LogP contribution in [0.3, 0.4) is 0 Å². The van der Waals surface area contributed by atoms with Gasteiger partial charge in [-0.2, -0.15) is 0 Å². The number of amides is 2. The molecule has 0 unspecified atom stereocenters. The zero-order valence-electron chi connectivity index (χ0n) is 11.8. The number of nitrogens with zero attached hydrogens (tertiary/aromatic N) is 1. The average Bonchev–Trinajstić information content (AvgIpc) is 2.77. The van der Waals surface area contributed by atoms with E-state index in [2.05, 4.69) is 22.6 Å². The van der Waals surface area contributed by atoms with Crippen LogP contribution in [-0.2, 0) is 11.3 Å². The first-order valence-corrected chi connectivity index (χ1v) is 8.68. The molecule has 0 atom stereocenters. The van der Waals surface area contributed by atoms with Crippen LogP contribution in [0.25, 0.3) is 6.08 Å². The van der Waals surface area contributed by atoms with Crippen LogP contribution in [-0.4, -0.2) is 16.0 Å². The van der Waals surface area contributed by atoms with Gasteiger partial charge in [0.1, 0.15) is 5.82 Å². The lowest BCUT2D eigenvalue weighted by Crippen LogP contribution is -2.27. The van der Waals surface area contributed by atoms with Crippen LogP contribution in [0.15, 0.2) is 53.4 Å². The SMILES string of the molecule is O=C1S/C(=C\c2cccc(F)c2)C(=O)N1Cc1ccc(I)cc1. The minimum atomic E-state index is -0.378. The van der Waals surface area contributed by atoms with Crippen molar-refractivity contribution in [3.05, 3.63) is 74.0 Å². The van der Waals surface area contributed by atoms with Gasteiger partial charge in [0.25, 0.3) is 11.1 Å². The topological polar surface area (TPSA) is 37.4 Å². The number of imide groups is 1. The molecule has 0 bridgehead atoms. The van der Waals surface area contributed by atoms with Gasteiger partial charge in [0.15, 0.2) is 0 Å². The molecule has 3 rings (SSSR count). The molecule has 0 spiro atoms. The molecule has 23 heavy (non-hydrogen) atoms. The second-order valence-electron chi connectivity index (χ2n) is 4.95. The van der Waals surface area contributed by atoms with Gasteiger partial charge in [-0.15, -0.1) is 0 Å². The van der Waals surface area contributed by atoms with Crippen molar-refractivity contribution in [2.75, 3.05) is 0 Å². The molecular formula is C17H11FINO2S. The molecule has 0 saturated carbocycles. The molecule has 1 fully saturated rings. The highest BCUT2D eigenvalue weighted by Crippen LogP contribution is 2.33. The highest BCUT2D eigenvalue weighted by atomic mass is 127. The van der Waals surface area contributed by atoms with E-state index in [1.165, 1.54) is 17.0 Å². The lowest BCUT2D eigenvalue weighted by molar-refractivity contribution is -0.123. The largest absolute Gasteiger partial charge is 0.293 e. The highest BCUT2D eigenvalue weighted by molar-refractivity contribution is 14.1. The van der Waals surface area contributed by atoms with E-state index < -0.39 is 0 Å². The summed E-state index contributed by atoms with van der Waals surface area (Å²) < 4.78 is 14.3. The summed E-state index contributed by atoms with van der Waals surface area (Å²) in [6, 6.07) is 13.6. The van der Waals surface area contributed by atoms with Crippen molar-refractivity contribution in [2.24, 2.45) is 0 Å². The van der Waals surface area contributed by atoms with E-state index in [0.717, 1.165) is 20.9 Å². The Morgan fingerprint density at radius 2 is 1.87 bits per heavy atom. The third-order valence-corrected chi connectivity index (χ3v) is 4.90. The van der Waals surface area contributed by atoms with Crippen LogP contribution in [0.5, 0.6) is 0 Å². The van der Waals surface area contributed by atoms with E-state index in [-0.39, 0.29) is 23.5 Å². The second-order valence-corrected chi connectivity index (χ2v) is 7.19. The van der Waals surface area contributed by atoms with Gasteiger partial charge in [0, 0.05) is 3.57 Å². The predicted octanol–water partition coefficient (Wildman–Crippen LogP) is 4.67. The summed E-state index contributed by atoms with van der Waals surface area (Å²) in [5, 5.41) is -0.309. The van der Waals surface area contributed by atoms with Crippen molar-refractivity contribution in [3.8, 4) is 0 Å². The van der Waals surface area contributed by atoms with E-state index in [9.17, 15) is 14.0 Å². The molecule has 2 amide bonds. The van der Waals surface area contributed by atoms with Crippen molar-refractivity contribution < 1.29 is 14.0 Å². The second kappa shape index (κ2) is 6.84. The molecule has 1 saturated heterocycles. The normalized spacial score (nSPS) is 16.4. The van der Waals surface area contributed by atoms with E-state index in [1.807, 2.05) is 24.3 Å². The molecule has 3 nitrogen and oxygen atoms in total. The number of carbonyl (C=O) groups excluding carboxylic acids is 2. The molecule has 0 radical (unpaired) electrons. The summed E-state index contributed by atoms with van der Waals surface area (Å²) in [4.78, 5) is 26.0. The lowest BCUT2D eigenvalue weighted by Gasteiger charge is -2.12. The van der Waals surface area contributed by atoms with Crippen molar-refractivity contribution in [1.29, 1.82) is 0 Å². The first kappa shape index (κ1) is 16.2. The highest BCUT2D eigenvalue weighted by Gasteiger charge is 2.34. The minimum absolute atomic E-state index is 0.238. The monoisotopic (exact) mass is 439 g/mol. The predicted molar refractivity (Wildman–Crippen MR) is 97.1 cm³/mol. The maximum Gasteiger partial charge on any atom is 0.293 e. The third kappa shape index (κ3) is 3.81. The van der Waals surface area contributed by atoms with Crippen LogP contribution < -0.4 is 0 Å². The summed E-state index contributed by atoms with van der Waals surface area (Å²) >= 11 is 3.08. The molecule has 2 aromatic carbocycles. The summed E-state index contributed by atoms with van der Waals surface area (Å²) in [6.07, 6.45) is 1.54. The molecule has 0 N–H and O–H groups in total. The van der Waals surface area contributed by atoms with Crippen LogP contribution in [0.4, 0.5) is 9.18 Å². The first-order chi connectivity index (χ1) is 11.0. The van der Waals surface area contributed by atoms with Gasteiger partial charge in [0.05, 0.1) is 11.4 Å². The summed E-state index contributed by atoms with van der Waals surface area (Å²) in [7, 11) is 0. The number of hydrogen-bond acceptors (Lipinski definition) is 3. The summed E-state index contributed by atoms with van der Waals surface area (Å²) in [5.41, 5.74) is 1.45. The molecule has 1 heterocycles. The molecule has 2 aromatic rings. The molecular weight excluding hydrogens is 428 g/mol. The fraction of sp³-hybridized carbons (Fsp3) is 0.0588. The molecule has 0 aliphatic carbocycles. The van der Waals surface area contributed by atoms with Crippen LogP contribution in [0.2, 0.25) is 0 Å². The van der Waals surface area contributed by atoms with Gasteiger partial charge in [-0.3, -0.25) is 14.5 Å². The van der Waals surface area contributed by atoms with Gasteiger partial charge >= 0.3 is 0 Å². The molecule has 0 aromatic heterocycles. The lowest BCUT2D eigenvalue weighted by atomic mass is 10.2. The zero-order valence-corrected chi connectivity index (χ0v) is 14.8. The number of benzene rings is 2. The minimum Gasteiger partial charge on any atom is -0.268 e. The van der Waals surface area contributed by atoms with Crippen LogP contribution in [0, 0.1) is 9.39 Å². The van der Waals surface area contributed by atoms with Gasteiger partial charge < -0.3 is 0 Å². The first-order valence-electron chi connectivity index (χ1n) is 6.78. The molecule has 1 aliphatic heterocycles. The summed E-state index contributed by atoms with van der Waals surface area (Å²) in [5.74, 6) is -0.723. The van der Waals surface area contributed by atoms with E-state index in [1.54, 1.807) is 18.2 Å². The van der Waals surface area contributed by atoms with E-state index in [0.29, 0.717) is 10.5 Å². The standard InChI is InChI=1S/C17H11FINO2S/c18-13-3-1-2-12(8-13)9-15-16(21)20(17(22)23-15)10-11-4-6-14(19)7-5-11/h1-9H,10H2/b15-9-. The Labute approximate surface area is 150 Å². The Hall–Kier alpha value is -1.67. The van der Waals surface area contributed by atoms with Gasteiger partial charge in [-0.05, 0) is 75.8 Å². The van der Waals surface area contributed by atoms with Crippen molar-refractivity contribution in [3.63, 3.8) is 0 Å². The quantitative estimate of drug-likeness (QED) is 0.516. The number of carbonyl (C=O) groups is 2. The maximum absolute atomic E-state index is 13.2. The van der Waals surface area contributed by atoms with Crippen molar-refractivity contribution in [1.82, 2.24) is 4.90 Å². The zero-order chi connectivity index (χ0) is 16.4. The average molecular weight is 439 g/mol. The Kier molecular flexibility index (Phi) is 4.82. The maximum atomic E-state index is 13.2. The summed E-state index contributed by atoms with van der Waals surface area (Å²) in [6.45, 7) is 0.238. The Morgan fingerprint density at radius 1 is 1.13 bits per heavy atom. The number of rotatable bonds is 3. The fourth-order valence-corrected chi connectivity index (χ4v) is 3.35. The molecule has 116 valence electrons. The van der Waals surface area contributed by atoms with Crippen molar-refractivity contribution >= 4 is 51.6 Å². The molecule has 1 aliphatic rings. The van der Waals surface area contributed by atoms with E-state index in [4.69, 9.17) is 0 Å². The fourth-order valence-electron chi connectivity index (χ4n) is 2.16. The Morgan fingerprint density at radius 3 is 2.57 bits per heavy atom. The van der Waals surface area contributed by atoms with Gasteiger partial charge in [-0.1, -0.05) is 24.3 Å². The number of thioether (sulfide) groups is 1. The van der Waals surface area contributed by atoms with Gasteiger partial charge in [-0.25, -0.2) is 4.39 Å². The Bertz CT molecular complexity index is 804. The third-order valence-electron chi connectivity index (χ3n) is 3.27. The van der Waals surface area contributed by atoms with E-state index >= 15 is 0 Å². The number of hydrogen-bond donors (Lipinski definition) is 0. The molecule has 6 heteroatoms.